The molecule has 1 radical (unpaired) electrons. The van der Waals surface area contributed by atoms with Crippen molar-refractivity contribution in [3.05, 3.63) is 23.3 Å². The lowest BCUT2D eigenvalue weighted by atomic mass is 10.4. The molecule has 0 saturated carbocycles. The predicted octanol–water partition coefficient (Wildman–Crippen LogP) is 1.65. The molecule has 1 rings (SSSR count). The zero-order chi connectivity index (χ0) is 8.10. The summed E-state index contributed by atoms with van der Waals surface area (Å²) in [6.07, 6.45) is 7.11. The van der Waals surface area contributed by atoms with Gasteiger partial charge < -0.3 is 4.74 Å². The van der Waals surface area contributed by atoms with E-state index in [0.29, 0.717) is 0 Å². The Bertz CT molecular complexity index is 196. The average molecular weight is 169 g/mol. The van der Waals surface area contributed by atoms with E-state index in [-0.39, 0.29) is 0 Å². The van der Waals surface area contributed by atoms with Crippen LogP contribution in [0, 0.1) is 0 Å². The van der Waals surface area contributed by atoms with Gasteiger partial charge in [-0.2, -0.15) is 0 Å². The van der Waals surface area contributed by atoms with Gasteiger partial charge in [-0.1, -0.05) is 23.9 Å². The first-order valence-corrected chi connectivity index (χ1v) is 4.35. The Balaban J connectivity index is 2.41. The normalized spacial score (nSPS) is 18.8. The molecule has 1 aliphatic heterocycles. The highest BCUT2D eigenvalue weighted by Gasteiger charge is 2.06. The van der Waals surface area contributed by atoms with Gasteiger partial charge in [0, 0.05) is 5.75 Å². The first-order valence-electron chi connectivity index (χ1n) is 3.37. The van der Waals surface area contributed by atoms with Crippen LogP contribution in [-0.4, -0.2) is 18.1 Å². The molecule has 0 aromatic rings. The monoisotopic (exact) mass is 169 g/mol. The van der Waals surface area contributed by atoms with Crippen LogP contribution in [0.3, 0.4) is 0 Å². The second-order valence-electron chi connectivity index (χ2n) is 2.10. The molecule has 59 valence electrons. The van der Waals surface area contributed by atoms with Gasteiger partial charge >= 0.3 is 0 Å². The summed E-state index contributed by atoms with van der Waals surface area (Å²) in [5.41, 5.74) is 0. The number of ether oxygens (including phenoxy) is 1. The summed E-state index contributed by atoms with van der Waals surface area (Å²) in [5.74, 6) is 0.914. The summed E-state index contributed by atoms with van der Waals surface area (Å²) in [7, 11) is 0. The van der Waals surface area contributed by atoms with Gasteiger partial charge in [-0.25, -0.2) is 0 Å². The van der Waals surface area contributed by atoms with Crippen LogP contribution in [0.25, 0.3) is 0 Å². The summed E-state index contributed by atoms with van der Waals surface area (Å²) in [4.78, 5) is 10.1. The third-order valence-corrected chi connectivity index (χ3v) is 2.03. The minimum absolute atomic E-state index is 0.458. The SMILES string of the molecule is CC([C]=O)OC1=CC=CCS1. The van der Waals surface area contributed by atoms with Crippen molar-refractivity contribution in [2.75, 3.05) is 5.75 Å². The van der Waals surface area contributed by atoms with Crippen LogP contribution in [0.5, 0.6) is 0 Å². The quantitative estimate of drug-likeness (QED) is 0.642. The van der Waals surface area contributed by atoms with E-state index in [1.807, 2.05) is 18.2 Å². The molecule has 1 atom stereocenters. The van der Waals surface area contributed by atoms with Gasteiger partial charge in [0.25, 0.3) is 0 Å². The van der Waals surface area contributed by atoms with Gasteiger partial charge in [0.15, 0.2) is 11.2 Å². The van der Waals surface area contributed by atoms with Gasteiger partial charge in [0.1, 0.15) is 0 Å². The molecule has 0 N–H and O–H groups in total. The van der Waals surface area contributed by atoms with Gasteiger partial charge in [-0.3, -0.25) is 4.79 Å². The Kier molecular flexibility index (Phi) is 3.23. The van der Waals surface area contributed by atoms with Gasteiger partial charge in [-0.05, 0) is 13.0 Å². The van der Waals surface area contributed by atoms with Crippen LogP contribution in [-0.2, 0) is 9.53 Å². The van der Waals surface area contributed by atoms with Crippen molar-refractivity contribution in [2.24, 2.45) is 0 Å². The molecule has 3 heteroatoms. The standard InChI is InChI=1S/C8H9O2S/c1-7(6-9)10-8-4-2-3-5-11-8/h2-4,7H,5H2,1H3. The Morgan fingerprint density at radius 2 is 2.64 bits per heavy atom. The summed E-state index contributed by atoms with van der Waals surface area (Å²) < 4.78 is 5.19. The highest BCUT2D eigenvalue weighted by molar-refractivity contribution is 8.03. The van der Waals surface area contributed by atoms with Crippen LogP contribution < -0.4 is 0 Å². The number of hydrogen-bond donors (Lipinski definition) is 0. The molecular weight excluding hydrogens is 160 g/mol. The minimum Gasteiger partial charge on any atom is -0.476 e. The van der Waals surface area contributed by atoms with Crippen LogP contribution in [0.15, 0.2) is 23.3 Å². The number of rotatable bonds is 3. The summed E-state index contributed by atoms with van der Waals surface area (Å²) in [6, 6.07) is 0. The molecule has 0 saturated heterocycles. The molecule has 11 heavy (non-hydrogen) atoms. The minimum atomic E-state index is -0.458. The average Bonchev–Trinajstić information content (AvgIpc) is 2.06. The molecule has 0 bridgehead atoms. The van der Waals surface area contributed by atoms with Crippen molar-refractivity contribution in [1.82, 2.24) is 0 Å². The van der Waals surface area contributed by atoms with Gasteiger partial charge in [0.05, 0.1) is 0 Å². The van der Waals surface area contributed by atoms with E-state index in [4.69, 9.17) is 4.74 Å². The maximum atomic E-state index is 10.1. The van der Waals surface area contributed by atoms with E-state index in [0.717, 1.165) is 10.8 Å². The lowest BCUT2D eigenvalue weighted by Crippen LogP contribution is -2.08. The molecule has 1 heterocycles. The molecular formula is C8H9O2S. The van der Waals surface area contributed by atoms with Crippen molar-refractivity contribution in [1.29, 1.82) is 0 Å². The Hall–Kier alpha value is -0.700. The Labute approximate surface area is 70.3 Å². The third-order valence-electron chi connectivity index (χ3n) is 1.15. The molecule has 0 fully saturated rings. The molecule has 0 aliphatic carbocycles. The number of hydrogen-bond acceptors (Lipinski definition) is 3. The number of carbonyl (C=O) groups excluding carboxylic acids is 1. The van der Waals surface area contributed by atoms with Crippen LogP contribution in [0.4, 0.5) is 0 Å². The fourth-order valence-electron chi connectivity index (χ4n) is 0.652. The summed E-state index contributed by atoms with van der Waals surface area (Å²) >= 11 is 1.58. The lowest BCUT2D eigenvalue weighted by Gasteiger charge is -2.11. The first-order chi connectivity index (χ1) is 5.33. The fourth-order valence-corrected chi connectivity index (χ4v) is 1.41. The summed E-state index contributed by atoms with van der Waals surface area (Å²) in [6.45, 7) is 1.67. The van der Waals surface area contributed by atoms with Crippen molar-refractivity contribution in [3.63, 3.8) is 0 Å². The second-order valence-corrected chi connectivity index (χ2v) is 3.13. The van der Waals surface area contributed by atoms with E-state index >= 15 is 0 Å². The third kappa shape index (κ3) is 2.80. The molecule has 0 aromatic heterocycles. The van der Waals surface area contributed by atoms with Gasteiger partial charge in [0.2, 0.25) is 6.29 Å². The Morgan fingerprint density at radius 1 is 1.82 bits per heavy atom. The smallest absolute Gasteiger partial charge is 0.242 e. The Morgan fingerprint density at radius 3 is 3.18 bits per heavy atom. The molecule has 0 amide bonds. The van der Waals surface area contributed by atoms with E-state index < -0.39 is 6.10 Å². The summed E-state index contributed by atoms with van der Waals surface area (Å²) in [5, 5.41) is 0.795. The van der Waals surface area contributed by atoms with Crippen LogP contribution in [0.1, 0.15) is 6.92 Å². The molecule has 1 aliphatic rings. The number of thioether (sulfide) groups is 1. The fraction of sp³-hybridized carbons (Fsp3) is 0.375. The van der Waals surface area contributed by atoms with E-state index in [9.17, 15) is 4.79 Å². The number of allylic oxidation sites excluding steroid dienone is 2. The van der Waals surface area contributed by atoms with Crippen molar-refractivity contribution >= 4 is 18.0 Å². The second kappa shape index (κ2) is 4.23. The zero-order valence-corrected chi connectivity index (χ0v) is 7.06. The van der Waals surface area contributed by atoms with Gasteiger partial charge in [-0.15, -0.1) is 0 Å². The van der Waals surface area contributed by atoms with Crippen molar-refractivity contribution in [3.8, 4) is 0 Å². The molecule has 0 aromatic carbocycles. The molecule has 2 nitrogen and oxygen atoms in total. The van der Waals surface area contributed by atoms with Crippen molar-refractivity contribution < 1.29 is 9.53 Å². The topological polar surface area (TPSA) is 26.3 Å². The maximum absolute atomic E-state index is 10.1. The van der Waals surface area contributed by atoms with Crippen molar-refractivity contribution in [2.45, 2.75) is 13.0 Å². The molecule has 0 spiro atoms. The highest BCUT2D eigenvalue weighted by Crippen LogP contribution is 2.21. The lowest BCUT2D eigenvalue weighted by molar-refractivity contribution is 0.204. The van der Waals surface area contributed by atoms with E-state index in [1.54, 1.807) is 25.0 Å². The van der Waals surface area contributed by atoms with E-state index in [1.165, 1.54) is 0 Å². The predicted molar refractivity (Wildman–Crippen MR) is 45.9 cm³/mol. The van der Waals surface area contributed by atoms with Crippen LogP contribution >= 0.6 is 11.8 Å². The van der Waals surface area contributed by atoms with E-state index in [2.05, 4.69) is 0 Å². The van der Waals surface area contributed by atoms with Crippen LogP contribution in [0.2, 0.25) is 0 Å². The maximum Gasteiger partial charge on any atom is 0.242 e. The zero-order valence-electron chi connectivity index (χ0n) is 6.24. The first kappa shape index (κ1) is 8.40. The molecule has 1 unspecified atom stereocenters. The highest BCUT2D eigenvalue weighted by atomic mass is 32.2. The largest absolute Gasteiger partial charge is 0.476 e.